The van der Waals surface area contributed by atoms with Crippen molar-refractivity contribution in [3.63, 3.8) is 0 Å². The van der Waals surface area contributed by atoms with Crippen LogP contribution in [0.15, 0.2) is 0 Å². The fourth-order valence-electron chi connectivity index (χ4n) is 0.711. The zero-order chi connectivity index (χ0) is 15.1. The number of halogens is 4. The maximum atomic E-state index is 12.5. The van der Waals surface area contributed by atoms with Gasteiger partial charge in [0.1, 0.15) is 13.3 Å². The van der Waals surface area contributed by atoms with Crippen molar-refractivity contribution in [2.45, 2.75) is 17.4 Å². The Bertz CT molecular complexity index is 408. The Morgan fingerprint density at radius 1 is 0.789 bits per heavy atom. The van der Waals surface area contributed by atoms with Gasteiger partial charge in [-0.1, -0.05) is 0 Å². The lowest BCUT2D eigenvalue weighted by Crippen LogP contribution is -2.23. The summed E-state index contributed by atoms with van der Waals surface area (Å²) in [6.07, 6.45) is -0.365. The summed E-state index contributed by atoms with van der Waals surface area (Å²) in [6.45, 7) is -4.95. The lowest BCUT2D eigenvalue weighted by atomic mass is 10.5. The quantitative estimate of drug-likeness (QED) is 0.331. The Kier molecular flexibility index (Phi) is 7.78. The van der Waals surface area contributed by atoms with E-state index in [4.69, 9.17) is 0 Å². The van der Waals surface area contributed by atoms with Crippen molar-refractivity contribution in [1.82, 2.24) is 0 Å². The number of alkyl halides is 4. The van der Waals surface area contributed by atoms with Crippen LogP contribution >= 0.6 is 0 Å². The third-order valence-corrected chi connectivity index (χ3v) is 4.15. The lowest BCUT2D eigenvalue weighted by molar-refractivity contribution is 0.223. The molecule has 0 N–H and O–H groups in total. The summed E-state index contributed by atoms with van der Waals surface area (Å²) in [4.78, 5) is 0. The second kappa shape index (κ2) is 7.97. The molecule has 2 atom stereocenters. The molecule has 0 bridgehead atoms. The van der Waals surface area contributed by atoms with Gasteiger partial charge in [0, 0.05) is 0 Å². The highest BCUT2D eigenvalue weighted by atomic mass is 32.2. The molecule has 0 saturated carbocycles. The first-order chi connectivity index (χ1) is 8.67. The van der Waals surface area contributed by atoms with E-state index in [9.17, 15) is 34.4 Å². The molecule has 116 valence electrons. The van der Waals surface area contributed by atoms with E-state index in [1.807, 2.05) is 0 Å². The topological polar surface area (TPSA) is 86.7 Å². The molecule has 0 spiro atoms. The molecule has 0 heterocycles. The SMILES string of the molecule is O=S(=O)(OCCCOS(=O)(=O)C(F)CF)C(F)CF. The minimum atomic E-state index is -4.73. The van der Waals surface area contributed by atoms with Crippen molar-refractivity contribution < 1.29 is 42.8 Å². The highest BCUT2D eigenvalue weighted by Gasteiger charge is 2.27. The van der Waals surface area contributed by atoms with Gasteiger partial charge in [-0.05, 0) is 6.42 Å². The van der Waals surface area contributed by atoms with Crippen LogP contribution in [0.25, 0.3) is 0 Å². The van der Waals surface area contributed by atoms with Gasteiger partial charge in [0.25, 0.3) is 11.0 Å². The molecule has 0 amide bonds. The Morgan fingerprint density at radius 2 is 1.11 bits per heavy atom. The van der Waals surface area contributed by atoms with E-state index in [1.54, 1.807) is 0 Å². The van der Waals surface area contributed by atoms with Crippen molar-refractivity contribution in [3.8, 4) is 0 Å². The van der Waals surface area contributed by atoms with Crippen molar-refractivity contribution >= 4 is 20.2 Å². The second-order valence-electron chi connectivity index (χ2n) is 3.11. The van der Waals surface area contributed by atoms with Gasteiger partial charge in [-0.15, -0.1) is 0 Å². The van der Waals surface area contributed by atoms with Crippen LogP contribution in [0.2, 0.25) is 0 Å². The molecule has 0 aliphatic heterocycles. The molecular formula is C7H12F4O6S2. The first-order valence-electron chi connectivity index (χ1n) is 4.84. The summed E-state index contributed by atoms with van der Waals surface area (Å²) in [5.41, 5.74) is -5.67. The largest absolute Gasteiger partial charge is 0.302 e. The fraction of sp³-hybridized carbons (Fsp3) is 1.00. The molecule has 6 nitrogen and oxygen atoms in total. The van der Waals surface area contributed by atoms with Crippen molar-refractivity contribution in [2.75, 3.05) is 26.6 Å². The van der Waals surface area contributed by atoms with Crippen LogP contribution < -0.4 is 0 Å². The average Bonchev–Trinajstić information content (AvgIpc) is 2.35. The van der Waals surface area contributed by atoms with E-state index in [-0.39, 0.29) is 6.42 Å². The molecule has 19 heavy (non-hydrogen) atoms. The summed E-state index contributed by atoms with van der Waals surface area (Å²) in [5, 5.41) is 0. The molecule has 0 aliphatic carbocycles. The van der Waals surface area contributed by atoms with Crippen molar-refractivity contribution in [1.29, 1.82) is 0 Å². The van der Waals surface area contributed by atoms with Crippen LogP contribution in [0.3, 0.4) is 0 Å². The van der Waals surface area contributed by atoms with Gasteiger partial charge in [0.15, 0.2) is 0 Å². The maximum Gasteiger partial charge on any atom is 0.302 e. The van der Waals surface area contributed by atoms with Gasteiger partial charge >= 0.3 is 20.2 Å². The normalized spacial score (nSPS) is 16.2. The fourth-order valence-corrected chi connectivity index (χ4v) is 2.02. The minimum absolute atomic E-state index is 0.365. The predicted molar refractivity (Wildman–Crippen MR) is 56.1 cm³/mol. The molecule has 0 saturated heterocycles. The van der Waals surface area contributed by atoms with E-state index in [2.05, 4.69) is 8.37 Å². The molecule has 0 radical (unpaired) electrons. The van der Waals surface area contributed by atoms with Crippen LogP contribution in [-0.4, -0.2) is 54.4 Å². The zero-order valence-electron chi connectivity index (χ0n) is 9.47. The Balaban J connectivity index is 4.02. The van der Waals surface area contributed by atoms with E-state index in [0.29, 0.717) is 0 Å². The zero-order valence-corrected chi connectivity index (χ0v) is 11.1. The summed E-state index contributed by atoms with van der Waals surface area (Å²) < 4.78 is 99.4. The van der Waals surface area contributed by atoms with Gasteiger partial charge in [-0.2, -0.15) is 16.8 Å². The lowest BCUT2D eigenvalue weighted by Gasteiger charge is -2.08. The molecular weight excluding hydrogens is 320 g/mol. The Hall–Kier alpha value is -0.460. The highest BCUT2D eigenvalue weighted by Crippen LogP contribution is 2.09. The monoisotopic (exact) mass is 332 g/mol. The molecule has 0 fully saturated rings. The molecule has 2 unspecified atom stereocenters. The van der Waals surface area contributed by atoms with Crippen LogP contribution in [0, 0.1) is 0 Å². The smallest absolute Gasteiger partial charge is 0.268 e. The van der Waals surface area contributed by atoms with Crippen LogP contribution in [0.1, 0.15) is 6.42 Å². The molecule has 0 aromatic rings. The minimum Gasteiger partial charge on any atom is -0.268 e. The Morgan fingerprint density at radius 3 is 1.37 bits per heavy atom. The molecule has 0 aromatic carbocycles. The van der Waals surface area contributed by atoms with Gasteiger partial charge in [0.2, 0.25) is 0 Å². The summed E-state index contributed by atoms with van der Waals surface area (Å²) >= 11 is 0. The van der Waals surface area contributed by atoms with E-state index < -0.39 is 57.8 Å². The number of hydrogen-bond acceptors (Lipinski definition) is 6. The second-order valence-corrected chi connectivity index (χ2v) is 6.58. The van der Waals surface area contributed by atoms with Gasteiger partial charge in [-0.3, -0.25) is 8.37 Å². The number of hydrogen-bond donors (Lipinski definition) is 0. The van der Waals surface area contributed by atoms with Gasteiger partial charge in [-0.25, -0.2) is 17.6 Å². The predicted octanol–water partition coefficient (Wildman–Crippen LogP) is 0.600. The highest BCUT2D eigenvalue weighted by molar-refractivity contribution is 7.87. The van der Waals surface area contributed by atoms with Crippen LogP contribution in [-0.2, 0) is 28.6 Å². The number of rotatable bonds is 10. The summed E-state index contributed by atoms with van der Waals surface area (Å²) in [5.74, 6) is 0. The molecule has 0 aliphatic rings. The first-order valence-corrected chi connectivity index (χ1v) is 7.78. The third kappa shape index (κ3) is 6.49. The van der Waals surface area contributed by atoms with Crippen LogP contribution in [0.5, 0.6) is 0 Å². The third-order valence-electron chi connectivity index (χ3n) is 1.65. The first kappa shape index (κ1) is 18.5. The van der Waals surface area contributed by atoms with Crippen LogP contribution in [0.4, 0.5) is 17.6 Å². The maximum absolute atomic E-state index is 12.5. The van der Waals surface area contributed by atoms with Crippen molar-refractivity contribution in [2.24, 2.45) is 0 Å². The molecule has 12 heteroatoms. The summed E-state index contributed by atoms with van der Waals surface area (Å²) in [7, 11) is -9.46. The van der Waals surface area contributed by atoms with E-state index >= 15 is 0 Å². The van der Waals surface area contributed by atoms with E-state index in [1.165, 1.54) is 0 Å². The average molecular weight is 332 g/mol. The van der Waals surface area contributed by atoms with Crippen molar-refractivity contribution in [3.05, 3.63) is 0 Å². The Labute approximate surface area is 107 Å². The van der Waals surface area contributed by atoms with Gasteiger partial charge < -0.3 is 0 Å². The standard InChI is InChI=1S/C7H12F4O6S2/c8-4-6(10)18(12,13)16-2-1-3-17-19(14,15)7(11)5-9/h6-7H,1-5H2. The molecule has 0 aromatic heterocycles. The van der Waals surface area contributed by atoms with Gasteiger partial charge in [0.05, 0.1) is 13.2 Å². The summed E-state index contributed by atoms with van der Waals surface area (Å²) in [6, 6.07) is 0. The molecule has 0 rings (SSSR count). The van der Waals surface area contributed by atoms with E-state index in [0.717, 1.165) is 0 Å².